The molecule has 7 nitrogen and oxygen atoms in total. The minimum Gasteiger partial charge on any atom is -0.484 e. The van der Waals surface area contributed by atoms with Crippen molar-refractivity contribution in [3.05, 3.63) is 28.3 Å². The highest BCUT2D eigenvalue weighted by Gasteiger charge is 2.16. The smallest absolute Gasteiger partial charge is 0.311 e. The summed E-state index contributed by atoms with van der Waals surface area (Å²) < 4.78 is 5.46. The molecular weight excluding hydrogens is 274 g/mol. The summed E-state index contributed by atoms with van der Waals surface area (Å²) in [5.41, 5.74) is 0.612. The van der Waals surface area contributed by atoms with Crippen LogP contribution in [0.25, 0.3) is 0 Å². The van der Waals surface area contributed by atoms with E-state index in [1.165, 1.54) is 11.0 Å². The first kappa shape index (κ1) is 16.7. The molecule has 116 valence electrons. The first-order valence-corrected chi connectivity index (χ1v) is 6.70. The van der Waals surface area contributed by atoms with Gasteiger partial charge in [0, 0.05) is 44.9 Å². The van der Waals surface area contributed by atoms with Crippen LogP contribution in [-0.4, -0.2) is 42.5 Å². The third-order valence-corrected chi connectivity index (χ3v) is 2.69. The van der Waals surface area contributed by atoms with Crippen LogP contribution < -0.4 is 10.1 Å². The van der Waals surface area contributed by atoms with E-state index in [4.69, 9.17) is 4.74 Å². The lowest BCUT2D eigenvalue weighted by Gasteiger charge is -2.13. The lowest BCUT2D eigenvalue weighted by Crippen LogP contribution is -2.23. The van der Waals surface area contributed by atoms with Crippen molar-refractivity contribution in [1.82, 2.24) is 4.90 Å². The van der Waals surface area contributed by atoms with Gasteiger partial charge in [0.2, 0.25) is 5.91 Å². The molecule has 1 aromatic carbocycles. The Balaban J connectivity index is 2.76. The Morgan fingerprint density at radius 3 is 2.62 bits per heavy atom. The Hall–Kier alpha value is -2.31. The lowest BCUT2D eigenvalue weighted by atomic mass is 10.2. The maximum Gasteiger partial charge on any atom is 0.311 e. The van der Waals surface area contributed by atoms with Gasteiger partial charge in [-0.1, -0.05) is 0 Å². The van der Waals surface area contributed by atoms with Crippen LogP contribution in [0, 0.1) is 10.1 Å². The number of anilines is 1. The molecule has 0 saturated heterocycles. The zero-order chi connectivity index (χ0) is 16.0. The van der Waals surface area contributed by atoms with Crippen LogP contribution in [-0.2, 0) is 4.79 Å². The first-order valence-electron chi connectivity index (χ1n) is 6.70. The van der Waals surface area contributed by atoms with Crippen molar-refractivity contribution in [3.8, 4) is 5.75 Å². The van der Waals surface area contributed by atoms with Crippen LogP contribution in [0.15, 0.2) is 18.2 Å². The van der Waals surface area contributed by atoms with Crippen molar-refractivity contribution in [1.29, 1.82) is 0 Å². The van der Waals surface area contributed by atoms with Gasteiger partial charge in [-0.3, -0.25) is 14.9 Å². The Kier molecular flexibility index (Phi) is 5.95. The molecular formula is C14H21N3O4. The highest BCUT2D eigenvalue weighted by atomic mass is 16.6. The van der Waals surface area contributed by atoms with E-state index in [0.29, 0.717) is 18.7 Å². The molecule has 0 fully saturated rings. The number of nitro benzene ring substituents is 1. The van der Waals surface area contributed by atoms with Gasteiger partial charge in [0.25, 0.3) is 0 Å². The average molecular weight is 295 g/mol. The summed E-state index contributed by atoms with van der Waals surface area (Å²) in [4.78, 5) is 23.5. The first-order chi connectivity index (χ1) is 9.81. The number of ether oxygens (including phenoxy) is 1. The minimum atomic E-state index is -0.475. The molecule has 0 saturated carbocycles. The fourth-order valence-electron chi connectivity index (χ4n) is 1.66. The third-order valence-electron chi connectivity index (χ3n) is 2.69. The zero-order valence-corrected chi connectivity index (χ0v) is 12.8. The molecule has 0 heterocycles. The maximum atomic E-state index is 11.5. The van der Waals surface area contributed by atoms with E-state index in [0.717, 1.165) is 0 Å². The van der Waals surface area contributed by atoms with Crippen LogP contribution in [0.2, 0.25) is 0 Å². The number of nitrogens with one attached hydrogen (secondary N) is 1. The zero-order valence-electron chi connectivity index (χ0n) is 12.8. The Morgan fingerprint density at radius 2 is 2.10 bits per heavy atom. The summed E-state index contributed by atoms with van der Waals surface area (Å²) in [6, 6.07) is 4.58. The average Bonchev–Trinajstić information content (AvgIpc) is 2.37. The summed E-state index contributed by atoms with van der Waals surface area (Å²) in [7, 11) is 3.39. The van der Waals surface area contributed by atoms with Gasteiger partial charge in [0.1, 0.15) is 0 Å². The van der Waals surface area contributed by atoms with Crippen LogP contribution in [0.5, 0.6) is 5.75 Å². The van der Waals surface area contributed by atoms with E-state index in [9.17, 15) is 14.9 Å². The Labute approximate surface area is 124 Å². The second-order valence-corrected chi connectivity index (χ2v) is 5.07. The van der Waals surface area contributed by atoms with E-state index >= 15 is 0 Å². The molecule has 0 spiro atoms. The molecule has 1 aromatic rings. The quantitative estimate of drug-likeness (QED) is 0.616. The number of rotatable bonds is 7. The summed E-state index contributed by atoms with van der Waals surface area (Å²) in [6.07, 6.45) is 0.193. The lowest BCUT2D eigenvalue weighted by molar-refractivity contribution is -0.386. The number of nitrogens with zero attached hydrogens (tertiary/aromatic N) is 2. The number of carbonyl (C=O) groups excluding carboxylic acids is 1. The van der Waals surface area contributed by atoms with E-state index in [-0.39, 0.29) is 23.4 Å². The highest BCUT2D eigenvalue weighted by molar-refractivity contribution is 5.76. The van der Waals surface area contributed by atoms with Crippen molar-refractivity contribution in [2.24, 2.45) is 0 Å². The SMILES string of the molecule is CC(C)Oc1cc(NCCC(=O)N(C)C)ccc1[N+](=O)[O-]. The largest absolute Gasteiger partial charge is 0.484 e. The van der Waals surface area contributed by atoms with E-state index in [1.54, 1.807) is 40.1 Å². The van der Waals surface area contributed by atoms with Crippen molar-refractivity contribution < 1.29 is 14.5 Å². The summed E-state index contributed by atoms with van der Waals surface area (Å²) in [6.45, 7) is 4.06. The fraction of sp³-hybridized carbons (Fsp3) is 0.500. The van der Waals surface area contributed by atoms with E-state index in [1.807, 2.05) is 0 Å². The van der Waals surface area contributed by atoms with E-state index in [2.05, 4.69) is 5.32 Å². The second kappa shape index (κ2) is 7.47. The molecule has 0 bridgehead atoms. The van der Waals surface area contributed by atoms with Gasteiger partial charge < -0.3 is 15.0 Å². The number of amides is 1. The van der Waals surface area contributed by atoms with Crippen LogP contribution >= 0.6 is 0 Å². The van der Waals surface area contributed by atoms with Gasteiger partial charge in [-0.15, -0.1) is 0 Å². The molecule has 0 aliphatic rings. The molecule has 1 amide bonds. The van der Waals surface area contributed by atoms with Gasteiger partial charge in [-0.05, 0) is 19.9 Å². The molecule has 0 aliphatic heterocycles. The number of carbonyl (C=O) groups is 1. The molecule has 21 heavy (non-hydrogen) atoms. The topological polar surface area (TPSA) is 84.7 Å². The molecule has 0 atom stereocenters. The second-order valence-electron chi connectivity index (χ2n) is 5.07. The fourth-order valence-corrected chi connectivity index (χ4v) is 1.66. The molecule has 0 unspecified atom stereocenters. The van der Waals surface area contributed by atoms with Gasteiger partial charge in [0.05, 0.1) is 11.0 Å². The number of nitro groups is 1. The standard InChI is InChI=1S/C14H21N3O4/c1-10(2)21-13-9-11(5-6-12(13)17(19)20)15-8-7-14(18)16(3)4/h5-6,9-10,15H,7-8H2,1-4H3. The predicted molar refractivity (Wildman–Crippen MR) is 80.7 cm³/mol. The normalized spacial score (nSPS) is 10.3. The van der Waals surface area contributed by atoms with Gasteiger partial charge in [0.15, 0.2) is 5.75 Å². The summed E-state index contributed by atoms with van der Waals surface area (Å²) in [5, 5.41) is 14.0. The Bertz CT molecular complexity index is 515. The summed E-state index contributed by atoms with van der Waals surface area (Å²) >= 11 is 0. The van der Waals surface area contributed by atoms with Crippen LogP contribution in [0.1, 0.15) is 20.3 Å². The van der Waals surface area contributed by atoms with Crippen molar-refractivity contribution >= 4 is 17.3 Å². The van der Waals surface area contributed by atoms with Crippen molar-refractivity contribution in [3.63, 3.8) is 0 Å². The van der Waals surface area contributed by atoms with Gasteiger partial charge in [-0.2, -0.15) is 0 Å². The maximum absolute atomic E-state index is 11.5. The number of benzene rings is 1. The molecule has 7 heteroatoms. The summed E-state index contributed by atoms with van der Waals surface area (Å²) in [5.74, 6) is 0.238. The predicted octanol–water partition coefficient (Wildman–Crippen LogP) is 2.27. The number of hydrogen-bond acceptors (Lipinski definition) is 5. The van der Waals surface area contributed by atoms with Crippen LogP contribution in [0.3, 0.4) is 0 Å². The van der Waals surface area contributed by atoms with Crippen molar-refractivity contribution in [2.45, 2.75) is 26.4 Å². The molecule has 0 radical (unpaired) electrons. The highest BCUT2D eigenvalue weighted by Crippen LogP contribution is 2.30. The molecule has 0 aromatic heterocycles. The molecule has 1 N–H and O–H groups in total. The van der Waals surface area contributed by atoms with Gasteiger partial charge >= 0.3 is 5.69 Å². The van der Waals surface area contributed by atoms with Crippen LogP contribution in [0.4, 0.5) is 11.4 Å². The molecule has 1 rings (SSSR count). The minimum absolute atomic E-state index is 0.0167. The van der Waals surface area contributed by atoms with Crippen molar-refractivity contribution in [2.75, 3.05) is 26.0 Å². The monoisotopic (exact) mass is 295 g/mol. The molecule has 0 aliphatic carbocycles. The van der Waals surface area contributed by atoms with Gasteiger partial charge in [-0.25, -0.2) is 0 Å². The van der Waals surface area contributed by atoms with E-state index < -0.39 is 4.92 Å². The third kappa shape index (κ3) is 5.29. The Morgan fingerprint density at radius 1 is 1.43 bits per heavy atom. The number of hydrogen-bond donors (Lipinski definition) is 1.